The number of rotatable bonds is 4. The highest BCUT2D eigenvalue weighted by atomic mass is 16.6. The molecule has 96 valence electrons. The number of nitro benzene ring substituents is 1. The average molecular weight is 259 g/mol. The first-order valence-corrected chi connectivity index (χ1v) is 5.32. The number of benzene rings is 1. The van der Waals surface area contributed by atoms with Gasteiger partial charge in [0.05, 0.1) is 4.92 Å². The van der Waals surface area contributed by atoms with E-state index in [4.69, 9.17) is 9.52 Å². The quantitative estimate of drug-likeness (QED) is 0.517. The Bertz CT molecular complexity index is 657. The Morgan fingerprint density at radius 2 is 2.11 bits per heavy atom. The van der Waals surface area contributed by atoms with Gasteiger partial charge < -0.3 is 9.52 Å². The Labute approximate surface area is 107 Å². The molecule has 0 aliphatic carbocycles. The van der Waals surface area contributed by atoms with Crippen molar-refractivity contribution in [2.75, 3.05) is 0 Å². The number of carbonyl (C=O) groups is 1. The molecule has 19 heavy (non-hydrogen) atoms. The maximum atomic E-state index is 10.7. The van der Waals surface area contributed by atoms with Crippen LogP contribution in [0.4, 0.5) is 5.69 Å². The van der Waals surface area contributed by atoms with E-state index in [-0.39, 0.29) is 5.69 Å². The molecule has 0 spiro atoms. The van der Waals surface area contributed by atoms with E-state index in [1.165, 1.54) is 18.2 Å². The summed E-state index contributed by atoms with van der Waals surface area (Å²) in [4.78, 5) is 20.5. The Balaban J connectivity index is 2.30. The molecule has 1 aromatic carbocycles. The SMILES string of the molecule is O=C(O)/C=C/c1ccc(-c2cccc([N+](=O)[O-])c2)o1. The molecule has 1 aromatic heterocycles. The van der Waals surface area contributed by atoms with Crippen LogP contribution in [0, 0.1) is 10.1 Å². The molecule has 0 unspecified atom stereocenters. The number of carboxylic acid groups (broad SMARTS) is 1. The fraction of sp³-hybridized carbons (Fsp3) is 0. The van der Waals surface area contributed by atoms with Gasteiger partial charge in [-0.1, -0.05) is 12.1 Å². The molecular weight excluding hydrogens is 250 g/mol. The number of furan rings is 1. The number of hydrogen-bond acceptors (Lipinski definition) is 4. The topological polar surface area (TPSA) is 93.6 Å². The molecule has 0 amide bonds. The van der Waals surface area contributed by atoms with Crippen molar-refractivity contribution >= 4 is 17.7 Å². The predicted octanol–water partition coefficient (Wildman–Crippen LogP) is 2.95. The molecule has 0 atom stereocenters. The summed E-state index contributed by atoms with van der Waals surface area (Å²) >= 11 is 0. The minimum atomic E-state index is -1.08. The molecule has 0 radical (unpaired) electrons. The monoisotopic (exact) mass is 259 g/mol. The van der Waals surface area contributed by atoms with Crippen LogP contribution in [0.3, 0.4) is 0 Å². The Kier molecular flexibility index (Phi) is 3.42. The molecule has 0 aliphatic heterocycles. The van der Waals surface area contributed by atoms with Gasteiger partial charge in [-0.05, 0) is 18.2 Å². The number of non-ortho nitro benzene ring substituents is 1. The average Bonchev–Trinajstić information content (AvgIpc) is 2.85. The van der Waals surface area contributed by atoms with Crippen molar-refractivity contribution in [2.45, 2.75) is 0 Å². The Morgan fingerprint density at radius 3 is 2.79 bits per heavy atom. The van der Waals surface area contributed by atoms with E-state index in [0.29, 0.717) is 17.1 Å². The van der Waals surface area contributed by atoms with Crippen molar-refractivity contribution in [1.82, 2.24) is 0 Å². The third kappa shape index (κ3) is 3.06. The van der Waals surface area contributed by atoms with Crippen molar-refractivity contribution < 1.29 is 19.2 Å². The minimum Gasteiger partial charge on any atom is -0.478 e. The number of carboxylic acids is 1. The number of hydrogen-bond donors (Lipinski definition) is 1. The second kappa shape index (κ2) is 5.18. The number of nitro groups is 1. The molecule has 2 rings (SSSR count). The summed E-state index contributed by atoms with van der Waals surface area (Å²) in [6.07, 6.45) is 2.26. The first-order valence-electron chi connectivity index (χ1n) is 5.32. The molecule has 0 aliphatic rings. The molecule has 6 heteroatoms. The van der Waals surface area contributed by atoms with Crippen LogP contribution in [0.1, 0.15) is 5.76 Å². The molecule has 0 saturated heterocycles. The van der Waals surface area contributed by atoms with Gasteiger partial charge in [0.2, 0.25) is 0 Å². The Hall–Kier alpha value is -2.89. The lowest BCUT2D eigenvalue weighted by molar-refractivity contribution is -0.384. The van der Waals surface area contributed by atoms with Crippen molar-refractivity contribution in [3.8, 4) is 11.3 Å². The van der Waals surface area contributed by atoms with Crippen molar-refractivity contribution in [1.29, 1.82) is 0 Å². The van der Waals surface area contributed by atoms with Gasteiger partial charge in [-0.3, -0.25) is 10.1 Å². The van der Waals surface area contributed by atoms with E-state index in [9.17, 15) is 14.9 Å². The normalized spacial score (nSPS) is 10.7. The molecule has 6 nitrogen and oxygen atoms in total. The van der Waals surface area contributed by atoms with Crippen LogP contribution in [0.15, 0.2) is 46.9 Å². The van der Waals surface area contributed by atoms with E-state index in [1.807, 2.05) is 0 Å². The highest BCUT2D eigenvalue weighted by Crippen LogP contribution is 2.26. The van der Waals surface area contributed by atoms with Gasteiger partial charge in [-0.15, -0.1) is 0 Å². The molecule has 1 N–H and O–H groups in total. The van der Waals surface area contributed by atoms with E-state index in [0.717, 1.165) is 6.08 Å². The first-order chi connectivity index (χ1) is 9.06. The van der Waals surface area contributed by atoms with Crippen molar-refractivity contribution in [3.63, 3.8) is 0 Å². The highest BCUT2D eigenvalue weighted by molar-refractivity contribution is 5.84. The van der Waals surface area contributed by atoms with Crippen molar-refractivity contribution in [3.05, 3.63) is 58.3 Å². The fourth-order valence-electron chi connectivity index (χ4n) is 1.52. The predicted molar refractivity (Wildman–Crippen MR) is 67.5 cm³/mol. The summed E-state index contributed by atoms with van der Waals surface area (Å²) in [5.74, 6) is -0.272. The molecule has 2 aromatic rings. The van der Waals surface area contributed by atoms with Crippen LogP contribution < -0.4 is 0 Å². The largest absolute Gasteiger partial charge is 0.478 e. The van der Waals surface area contributed by atoms with Gasteiger partial charge in [0.15, 0.2) is 0 Å². The van der Waals surface area contributed by atoms with Crippen LogP contribution in [0.25, 0.3) is 17.4 Å². The zero-order valence-electron chi connectivity index (χ0n) is 9.65. The van der Waals surface area contributed by atoms with Gasteiger partial charge >= 0.3 is 5.97 Å². The fourth-order valence-corrected chi connectivity index (χ4v) is 1.52. The van der Waals surface area contributed by atoms with Gasteiger partial charge in [0.25, 0.3) is 5.69 Å². The molecule has 1 heterocycles. The summed E-state index contributed by atoms with van der Waals surface area (Å²) in [7, 11) is 0. The van der Waals surface area contributed by atoms with E-state index < -0.39 is 10.9 Å². The summed E-state index contributed by atoms with van der Waals surface area (Å²) < 4.78 is 5.38. The van der Waals surface area contributed by atoms with E-state index in [2.05, 4.69) is 0 Å². The Morgan fingerprint density at radius 1 is 1.32 bits per heavy atom. The lowest BCUT2D eigenvalue weighted by Gasteiger charge is -1.96. The van der Waals surface area contributed by atoms with Crippen LogP contribution in [0.2, 0.25) is 0 Å². The van der Waals surface area contributed by atoms with Crippen molar-refractivity contribution in [2.24, 2.45) is 0 Å². The minimum absolute atomic E-state index is 0.0310. The molecule has 0 bridgehead atoms. The maximum Gasteiger partial charge on any atom is 0.328 e. The van der Waals surface area contributed by atoms with E-state index in [1.54, 1.807) is 24.3 Å². The van der Waals surface area contributed by atoms with Crippen LogP contribution in [-0.4, -0.2) is 16.0 Å². The molecule has 0 saturated carbocycles. The van der Waals surface area contributed by atoms with Crippen LogP contribution >= 0.6 is 0 Å². The smallest absolute Gasteiger partial charge is 0.328 e. The van der Waals surface area contributed by atoms with Gasteiger partial charge in [-0.25, -0.2) is 4.79 Å². The highest BCUT2D eigenvalue weighted by Gasteiger charge is 2.09. The van der Waals surface area contributed by atoms with Gasteiger partial charge in [0.1, 0.15) is 11.5 Å². The summed E-state index contributed by atoms with van der Waals surface area (Å²) in [5.41, 5.74) is 0.528. The number of nitrogens with zero attached hydrogens (tertiary/aromatic N) is 1. The summed E-state index contributed by atoms with van der Waals surface area (Å²) in [6, 6.07) is 9.23. The third-order valence-corrected chi connectivity index (χ3v) is 2.36. The standard InChI is InChI=1S/C13H9NO5/c15-13(16)7-5-11-4-6-12(19-11)9-2-1-3-10(8-9)14(17)18/h1-8H,(H,15,16)/b7-5+. The van der Waals surface area contributed by atoms with Crippen LogP contribution in [0.5, 0.6) is 0 Å². The zero-order valence-corrected chi connectivity index (χ0v) is 9.65. The maximum absolute atomic E-state index is 10.7. The lowest BCUT2D eigenvalue weighted by atomic mass is 10.1. The second-order valence-electron chi connectivity index (χ2n) is 3.68. The van der Waals surface area contributed by atoms with Gasteiger partial charge in [0, 0.05) is 23.8 Å². The molecule has 0 fully saturated rings. The zero-order chi connectivity index (χ0) is 13.8. The summed E-state index contributed by atoms with van der Waals surface area (Å²) in [6.45, 7) is 0. The number of aliphatic carboxylic acids is 1. The first kappa shape index (κ1) is 12.6. The van der Waals surface area contributed by atoms with Gasteiger partial charge in [-0.2, -0.15) is 0 Å². The lowest BCUT2D eigenvalue weighted by Crippen LogP contribution is -1.87. The molecular formula is C13H9NO5. The van der Waals surface area contributed by atoms with Crippen LogP contribution in [-0.2, 0) is 4.79 Å². The van der Waals surface area contributed by atoms with E-state index >= 15 is 0 Å². The second-order valence-corrected chi connectivity index (χ2v) is 3.68. The summed E-state index contributed by atoms with van der Waals surface area (Å²) in [5, 5.41) is 19.2. The third-order valence-electron chi connectivity index (χ3n) is 2.36.